The minimum Gasteiger partial charge on any atom is -0.497 e. The third kappa shape index (κ3) is 5.87. The Bertz CT molecular complexity index is 1430. The summed E-state index contributed by atoms with van der Waals surface area (Å²) in [6.07, 6.45) is 0.692. The number of hydrogen-bond donors (Lipinski definition) is 1. The lowest BCUT2D eigenvalue weighted by molar-refractivity contribution is 0.154. The van der Waals surface area contributed by atoms with Crippen LogP contribution in [-0.2, 0) is 11.3 Å². The molecule has 37 heavy (non-hydrogen) atoms. The number of methoxy groups -OCH3 is 4. The molecule has 1 heterocycles. The summed E-state index contributed by atoms with van der Waals surface area (Å²) in [4.78, 5) is 20.9. The van der Waals surface area contributed by atoms with E-state index in [2.05, 4.69) is 15.3 Å². The van der Waals surface area contributed by atoms with Crippen molar-refractivity contribution in [2.24, 2.45) is 0 Å². The zero-order chi connectivity index (χ0) is 26.4. The number of aromatic nitrogens is 2. The zero-order valence-corrected chi connectivity index (χ0v) is 21.3. The summed E-state index contributed by atoms with van der Waals surface area (Å²) >= 11 is 6.39. The van der Waals surface area contributed by atoms with Crippen LogP contribution in [0.25, 0.3) is 10.9 Å². The molecule has 0 atom stereocenters. The van der Waals surface area contributed by atoms with Gasteiger partial charge in [-0.2, -0.15) is 0 Å². The molecule has 0 spiro atoms. The molecular weight excluding hydrogens is 502 g/mol. The van der Waals surface area contributed by atoms with Crippen LogP contribution < -0.4 is 29.0 Å². The Kier molecular flexibility index (Phi) is 7.99. The molecular formula is C26H24ClN3O7. The highest BCUT2D eigenvalue weighted by molar-refractivity contribution is 6.33. The maximum Gasteiger partial charge on any atom is 0.412 e. The number of benzene rings is 3. The maximum absolute atomic E-state index is 12.4. The smallest absolute Gasteiger partial charge is 0.412 e. The Morgan fingerprint density at radius 3 is 2.27 bits per heavy atom. The van der Waals surface area contributed by atoms with Crippen molar-refractivity contribution in [3.8, 4) is 34.6 Å². The second-order valence-electron chi connectivity index (χ2n) is 7.53. The first-order valence-electron chi connectivity index (χ1n) is 10.9. The van der Waals surface area contributed by atoms with Gasteiger partial charge in [-0.1, -0.05) is 11.6 Å². The zero-order valence-electron chi connectivity index (χ0n) is 20.5. The predicted octanol–water partition coefficient (Wildman–Crippen LogP) is 5.86. The summed E-state index contributed by atoms with van der Waals surface area (Å²) in [5, 5.41) is 3.48. The molecule has 192 valence electrons. The van der Waals surface area contributed by atoms with E-state index in [9.17, 15) is 4.79 Å². The largest absolute Gasteiger partial charge is 0.497 e. The molecule has 1 amide bonds. The third-order valence-corrected chi connectivity index (χ3v) is 5.65. The number of halogens is 1. The van der Waals surface area contributed by atoms with Gasteiger partial charge >= 0.3 is 6.09 Å². The quantitative estimate of drug-likeness (QED) is 0.287. The molecule has 0 saturated heterocycles. The van der Waals surface area contributed by atoms with E-state index >= 15 is 0 Å². The summed E-state index contributed by atoms with van der Waals surface area (Å²) in [6.45, 7) is -0.0277. The Labute approximate surface area is 218 Å². The van der Waals surface area contributed by atoms with Crippen LogP contribution in [0.4, 0.5) is 10.5 Å². The molecule has 0 saturated carbocycles. The van der Waals surface area contributed by atoms with E-state index < -0.39 is 6.09 Å². The molecule has 4 rings (SSSR count). The van der Waals surface area contributed by atoms with Crippen LogP contribution in [-0.4, -0.2) is 44.5 Å². The minimum atomic E-state index is -0.691. The van der Waals surface area contributed by atoms with Crippen LogP contribution in [0.3, 0.4) is 0 Å². The number of hydrogen-bond acceptors (Lipinski definition) is 9. The van der Waals surface area contributed by atoms with Crippen molar-refractivity contribution in [2.45, 2.75) is 6.61 Å². The van der Waals surface area contributed by atoms with Gasteiger partial charge in [0.1, 0.15) is 30.2 Å². The van der Waals surface area contributed by atoms with E-state index in [1.54, 1.807) is 62.8 Å². The van der Waals surface area contributed by atoms with E-state index in [0.717, 1.165) is 0 Å². The van der Waals surface area contributed by atoms with Gasteiger partial charge < -0.3 is 28.4 Å². The molecule has 0 aliphatic rings. The van der Waals surface area contributed by atoms with Crippen LogP contribution >= 0.6 is 11.6 Å². The Balaban J connectivity index is 1.46. The van der Waals surface area contributed by atoms with Crippen molar-refractivity contribution in [2.75, 3.05) is 33.8 Å². The van der Waals surface area contributed by atoms with E-state index in [-0.39, 0.29) is 11.6 Å². The van der Waals surface area contributed by atoms with Gasteiger partial charge in [0, 0.05) is 17.7 Å². The van der Waals surface area contributed by atoms with Crippen LogP contribution in [0.2, 0.25) is 5.02 Å². The fraction of sp³-hybridized carbons (Fsp3) is 0.192. The Morgan fingerprint density at radius 2 is 1.57 bits per heavy atom. The van der Waals surface area contributed by atoms with Crippen molar-refractivity contribution in [3.63, 3.8) is 0 Å². The monoisotopic (exact) mass is 525 g/mol. The summed E-state index contributed by atoms with van der Waals surface area (Å²) in [5.41, 5.74) is 1.61. The first kappa shape index (κ1) is 25.6. The fourth-order valence-electron chi connectivity index (χ4n) is 3.50. The highest BCUT2D eigenvalue weighted by Crippen LogP contribution is 2.37. The SMILES string of the molecule is COc1ccc(OC)c(COC(=O)Nc2ccc(Oc3ncnc4cc(OC)c(OC)cc34)cc2Cl)c1. The lowest BCUT2D eigenvalue weighted by Gasteiger charge is -2.13. The number of anilines is 1. The number of carbonyl (C=O) groups is 1. The number of nitrogens with one attached hydrogen (secondary N) is 1. The molecule has 0 unspecified atom stereocenters. The first-order chi connectivity index (χ1) is 17.9. The number of nitrogens with zero attached hydrogens (tertiary/aromatic N) is 2. The number of fused-ring (bicyclic) bond motifs is 1. The van der Waals surface area contributed by atoms with Gasteiger partial charge in [-0.25, -0.2) is 14.8 Å². The number of amides is 1. The summed E-state index contributed by atoms with van der Waals surface area (Å²) < 4.78 is 32.5. The van der Waals surface area contributed by atoms with Crippen LogP contribution in [0.5, 0.6) is 34.6 Å². The van der Waals surface area contributed by atoms with Gasteiger partial charge in [0.2, 0.25) is 5.88 Å². The first-order valence-corrected chi connectivity index (χ1v) is 11.3. The lowest BCUT2D eigenvalue weighted by atomic mass is 10.2. The topological polar surface area (TPSA) is 110 Å². The van der Waals surface area contributed by atoms with Crippen LogP contribution in [0.15, 0.2) is 54.9 Å². The predicted molar refractivity (Wildman–Crippen MR) is 138 cm³/mol. The van der Waals surface area contributed by atoms with E-state index in [4.69, 9.17) is 40.0 Å². The molecule has 0 aliphatic heterocycles. The Morgan fingerprint density at radius 1 is 0.838 bits per heavy atom. The summed E-state index contributed by atoms with van der Waals surface area (Å²) in [7, 11) is 6.17. The minimum absolute atomic E-state index is 0.0277. The molecule has 10 nitrogen and oxygen atoms in total. The average Bonchev–Trinajstić information content (AvgIpc) is 2.92. The Hall–Kier alpha value is -4.44. The lowest BCUT2D eigenvalue weighted by Crippen LogP contribution is -2.14. The van der Waals surface area contributed by atoms with Crippen molar-refractivity contribution in [1.29, 1.82) is 0 Å². The van der Waals surface area contributed by atoms with Crippen molar-refractivity contribution < 1.29 is 33.2 Å². The van der Waals surface area contributed by atoms with Gasteiger partial charge in [0.15, 0.2) is 11.5 Å². The van der Waals surface area contributed by atoms with Crippen molar-refractivity contribution in [1.82, 2.24) is 9.97 Å². The van der Waals surface area contributed by atoms with Gasteiger partial charge in [0.25, 0.3) is 0 Å². The molecule has 0 bridgehead atoms. The maximum atomic E-state index is 12.4. The van der Waals surface area contributed by atoms with Crippen LogP contribution in [0.1, 0.15) is 5.56 Å². The highest BCUT2D eigenvalue weighted by atomic mass is 35.5. The molecule has 0 aliphatic carbocycles. The molecule has 1 N–H and O–H groups in total. The molecule has 1 aromatic heterocycles. The molecule has 0 fully saturated rings. The standard InChI is InChI=1S/C26H24ClN3O7/c1-32-16-6-8-22(33-2)15(9-16)13-36-26(31)30-20-7-5-17(10-19(20)27)37-25-18-11-23(34-3)24(35-4)12-21(18)28-14-29-25/h5-12,14H,13H2,1-4H3,(H,30,31). The van der Waals surface area contributed by atoms with E-state index in [1.165, 1.54) is 20.5 Å². The fourth-order valence-corrected chi connectivity index (χ4v) is 3.71. The van der Waals surface area contributed by atoms with Gasteiger partial charge in [-0.05, 0) is 36.4 Å². The molecule has 4 aromatic rings. The number of carbonyl (C=O) groups excluding carboxylic acids is 1. The number of rotatable bonds is 9. The van der Waals surface area contributed by atoms with Crippen LogP contribution in [0, 0.1) is 0 Å². The van der Waals surface area contributed by atoms with Gasteiger partial charge in [0.05, 0.1) is 50.1 Å². The summed E-state index contributed by atoms with van der Waals surface area (Å²) in [5.74, 6) is 2.94. The summed E-state index contributed by atoms with van der Waals surface area (Å²) in [6, 6.07) is 13.5. The van der Waals surface area contributed by atoms with E-state index in [1.807, 2.05) is 0 Å². The van der Waals surface area contributed by atoms with Gasteiger partial charge in [-0.15, -0.1) is 0 Å². The van der Waals surface area contributed by atoms with E-state index in [0.29, 0.717) is 56.8 Å². The molecule has 0 radical (unpaired) electrons. The molecule has 3 aromatic carbocycles. The van der Waals surface area contributed by atoms with Crippen molar-refractivity contribution >= 4 is 34.3 Å². The molecule has 11 heteroatoms. The second kappa shape index (κ2) is 11.5. The second-order valence-corrected chi connectivity index (χ2v) is 7.93. The number of ether oxygens (including phenoxy) is 6. The normalized spacial score (nSPS) is 10.5. The average molecular weight is 526 g/mol. The third-order valence-electron chi connectivity index (χ3n) is 5.34. The van der Waals surface area contributed by atoms with Crippen molar-refractivity contribution in [3.05, 3.63) is 65.4 Å². The van der Waals surface area contributed by atoms with Gasteiger partial charge in [-0.3, -0.25) is 5.32 Å². The highest BCUT2D eigenvalue weighted by Gasteiger charge is 2.15.